The maximum Gasteiger partial charge on any atom is 0.134 e. The van der Waals surface area contributed by atoms with Gasteiger partial charge in [0.25, 0.3) is 0 Å². The molecule has 0 aliphatic heterocycles. The first-order valence-electron chi connectivity index (χ1n) is 5.56. The highest BCUT2D eigenvalue weighted by Gasteiger charge is 2.09. The van der Waals surface area contributed by atoms with Gasteiger partial charge in [0.1, 0.15) is 5.82 Å². The smallest absolute Gasteiger partial charge is 0.134 e. The van der Waals surface area contributed by atoms with Crippen molar-refractivity contribution < 1.29 is 5.11 Å². The first-order valence-corrected chi connectivity index (χ1v) is 6.35. The molecular formula is C13H15BrN2O. The van der Waals surface area contributed by atoms with Gasteiger partial charge in [-0.2, -0.15) is 0 Å². The van der Waals surface area contributed by atoms with Crippen LogP contribution in [-0.4, -0.2) is 22.7 Å². The Morgan fingerprint density at radius 2 is 2.00 bits per heavy atom. The molecule has 1 unspecified atom stereocenters. The van der Waals surface area contributed by atoms with Gasteiger partial charge < -0.3 is 10.4 Å². The number of aliphatic hydroxyl groups excluding tert-OH is 1. The number of aromatic nitrogens is 1. The van der Waals surface area contributed by atoms with Crippen LogP contribution >= 0.6 is 15.9 Å². The maximum atomic E-state index is 9.31. The number of aliphatic hydroxyl groups is 1. The summed E-state index contributed by atoms with van der Waals surface area (Å²) in [5, 5.41) is 14.7. The van der Waals surface area contributed by atoms with Crippen LogP contribution in [0.1, 0.15) is 12.6 Å². The molecule has 1 aromatic carbocycles. The fourth-order valence-electron chi connectivity index (χ4n) is 1.73. The standard InChI is InChI=1S/C13H15BrN2O/c1-8(17)7-15-13-11-6-4-3-5-10(11)12(14)9(2)16-13/h3-6,8,17H,7H2,1-2H3,(H,15,16). The van der Waals surface area contributed by atoms with E-state index in [1.54, 1.807) is 6.92 Å². The van der Waals surface area contributed by atoms with Crippen LogP contribution < -0.4 is 5.32 Å². The van der Waals surface area contributed by atoms with Crippen molar-refractivity contribution in [2.75, 3.05) is 11.9 Å². The molecule has 0 bridgehead atoms. The van der Waals surface area contributed by atoms with E-state index in [9.17, 15) is 5.11 Å². The summed E-state index contributed by atoms with van der Waals surface area (Å²) in [6.45, 7) is 4.21. The zero-order valence-electron chi connectivity index (χ0n) is 9.87. The van der Waals surface area contributed by atoms with E-state index >= 15 is 0 Å². The molecule has 2 N–H and O–H groups in total. The van der Waals surface area contributed by atoms with Gasteiger partial charge >= 0.3 is 0 Å². The largest absolute Gasteiger partial charge is 0.392 e. The topological polar surface area (TPSA) is 45.2 Å². The molecule has 0 radical (unpaired) electrons. The third-order valence-electron chi connectivity index (χ3n) is 2.58. The Morgan fingerprint density at radius 3 is 2.65 bits per heavy atom. The minimum Gasteiger partial charge on any atom is -0.392 e. The molecule has 0 saturated heterocycles. The van der Waals surface area contributed by atoms with Crippen molar-refractivity contribution in [1.29, 1.82) is 0 Å². The molecular weight excluding hydrogens is 280 g/mol. The minimum atomic E-state index is -0.389. The van der Waals surface area contributed by atoms with Crippen LogP contribution in [0.5, 0.6) is 0 Å². The van der Waals surface area contributed by atoms with Gasteiger partial charge in [0.2, 0.25) is 0 Å². The fourth-order valence-corrected chi connectivity index (χ4v) is 2.17. The summed E-state index contributed by atoms with van der Waals surface area (Å²) in [7, 11) is 0. The van der Waals surface area contributed by atoms with Crippen molar-refractivity contribution in [2.45, 2.75) is 20.0 Å². The molecule has 0 amide bonds. The summed E-state index contributed by atoms with van der Waals surface area (Å²) < 4.78 is 1.02. The summed E-state index contributed by atoms with van der Waals surface area (Å²) in [6.07, 6.45) is -0.389. The Bertz CT molecular complexity index is 540. The Hall–Kier alpha value is -1.13. The van der Waals surface area contributed by atoms with Gasteiger partial charge in [-0.3, -0.25) is 0 Å². The van der Waals surface area contributed by atoms with Crippen molar-refractivity contribution in [3.05, 3.63) is 34.4 Å². The van der Waals surface area contributed by atoms with E-state index in [1.807, 2.05) is 25.1 Å². The van der Waals surface area contributed by atoms with E-state index in [0.717, 1.165) is 26.8 Å². The fraction of sp³-hybridized carbons (Fsp3) is 0.308. The summed E-state index contributed by atoms with van der Waals surface area (Å²) in [5.41, 5.74) is 0.941. The van der Waals surface area contributed by atoms with E-state index in [0.29, 0.717) is 6.54 Å². The van der Waals surface area contributed by atoms with Gasteiger partial charge in [-0.15, -0.1) is 0 Å². The van der Waals surface area contributed by atoms with E-state index in [-0.39, 0.29) is 6.10 Å². The number of pyridine rings is 1. The number of fused-ring (bicyclic) bond motifs is 1. The lowest BCUT2D eigenvalue weighted by molar-refractivity contribution is 0.208. The van der Waals surface area contributed by atoms with Crippen molar-refractivity contribution >= 4 is 32.5 Å². The Labute approximate surface area is 109 Å². The van der Waals surface area contributed by atoms with Crippen molar-refractivity contribution in [2.24, 2.45) is 0 Å². The molecule has 0 aliphatic rings. The van der Waals surface area contributed by atoms with Crippen LogP contribution in [0.25, 0.3) is 10.8 Å². The number of halogens is 1. The predicted molar refractivity (Wildman–Crippen MR) is 74.4 cm³/mol. The molecule has 90 valence electrons. The van der Waals surface area contributed by atoms with Crippen molar-refractivity contribution in [1.82, 2.24) is 4.98 Å². The lowest BCUT2D eigenvalue weighted by atomic mass is 10.1. The third kappa shape index (κ3) is 2.58. The quantitative estimate of drug-likeness (QED) is 0.914. The van der Waals surface area contributed by atoms with E-state index in [4.69, 9.17) is 0 Å². The SMILES string of the molecule is Cc1nc(NCC(C)O)c2ccccc2c1Br. The zero-order chi connectivity index (χ0) is 12.4. The van der Waals surface area contributed by atoms with E-state index in [2.05, 4.69) is 32.3 Å². The molecule has 2 rings (SSSR count). The number of benzene rings is 1. The summed E-state index contributed by atoms with van der Waals surface area (Å²) >= 11 is 3.56. The zero-order valence-corrected chi connectivity index (χ0v) is 11.5. The normalized spacial score (nSPS) is 12.7. The van der Waals surface area contributed by atoms with Crippen LogP contribution in [-0.2, 0) is 0 Å². The predicted octanol–water partition coefficient (Wildman–Crippen LogP) is 3.10. The summed E-state index contributed by atoms with van der Waals surface area (Å²) in [6, 6.07) is 8.07. The van der Waals surface area contributed by atoms with E-state index in [1.165, 1.54) is 0 Å². The molecule has 17 heavy (non-hydrogen) atoms. The molecule has 0 aliphatic carbocycles. The highest BCUT2D eigenvalue weighted by atomic mass is 79.9. The van der Waals surface area contributed by atoms with Crippen LogP contribution in [0.4, 0.5) is 5.82 Å². The minimum absolute atomic E-state index is 0.389. The third-order valence-corrected chi connectivity index (χ3v) is 3.58. The van der Waals surface area contributed by atoms with E-state index < -0.39 is 0 Å². The van der Waals surface area contributed by atoms with Gasteiger partial charge in [0.15, 0.2) is 0 Å². The molecule has 0 fully saturated rings. The monoisotopic (exact) mass is 294 g/mol. The van der Waals surface area contributed by atoms with Crippen LogP contribution in [0, 0.1) is 6.92 Å². The Kier molecular flexibility index (Phi) is 3.64. The second kappa shape index (κ2) is 5.02. The molecule has 3 nitrogen and oxygen atoms in total. The second-order valence-electron chi connectivity index (χ2n) is 4.14. The molecule has 1 heterocycles. The van der Waals surface area contributed by atoms with Crippen LogP contribution in [0.3, 0.4) is 0 Å². The highest BCUT2D eigenvalue weighted by molar-refractivity contribution is 9.10. The van der Waals surface area contributed by atoms with Gasteiger partial charge in [-0.1, -0.05) is 24.3 Å². The molecule has 1 atom stereocenters. The van der Waals surface area contributed by atoms with Crippen LogP contribution in [0.15, 0.2) is 28.7 Å². The number of nitrogens with one attached hydrogen (secondary N) is 1. The first kappa shape index (κ1) is 12.3. The first-order chi connectivity index (χ1) is 8.09. The molecule has 0 spiro atoms. The van der Waals surface area contributed by atoms with Gasteiger partial charge in [-0.25, -0.2) is 4.98 Å². The lowest BCUT2D eigenvalue weighted by Gasteiger charge is -2.13. The number of nitrogens with zero attached hydrogens (tertiary/aromatic N) is 1. The van der Waals surface area contributed by atoms with Gasteiger partial charge in [0.05, 0.1) is 11.8 Å². The van der Waals surface area contributed by atoms with Gasteiger partial charge in [-0.05, 0) is 29.8 Å². The second-order valence-corrected chi connectivity index (χ2v) is 4.93. The summed E-state index contributed by atoms with van der Waals surface area (Å²) in [4.78, 5) is 4.50. The molecule has 1 aromatic heterocycles. The molecule has 2 aromatic rings. The van der Waals surface area contributed by atoms with Crippen molar-refractivity contribution in [3.8, 4) is 0 Å². The van der Waals surface area contributed by atoms with Gasteiger partial charge in [0, 0.05) is 21.8 Å². The average molecular weight is 295 g/mol. The Morgan fingerprint density at radius 1 is 1.35 bits per heavy atom. The highest BCUT2D eigenvalue weighted by Crippen LogP contribution is 2.30. The Balaban J connectivity index is 2.51. The number of anilines is 1. The molecule has 0 saturated carbocycles. The number of hydrogen-bond donors (Lipinski definition) is 2. The van der Waals surface area contributed by atoms with Crippen molar-refractivity contribution in [3.63, 3.8) is 0 Å². The number of aryl methyl sites for hydroxylation is 1. The maximum absolute atomic E-state index is 9.31. The number of hydrogen-bond acceptors (Lipinski definition) is 3. The molecule has 4 heteroatoms. The lowest BCUT2D eigenvalue weighted by Crippen LogP contribution is -2.16. The summed E-state index contributed by atoms with van der Waals surface area (Å²) in [5.74, 6) is 0.821. The van der Waals surface area contributed by atoms with Crippen LogP contribution in [0.2, 0.25) is 0 Å². The number of rotatable bonds is 3. The average Bonchev–Trinajstić information content (AvgIpc) is 2.32.